The predicted molar refractivity (Wildman–Crippen MR) is 84.5 cm³/mol. The highest BCUT2D eigenvalue weighted by Gasteiger charge is 2.32. The number of hydrogen-bond acceptors (Lipinski definition) is 4. The first kappa shape index (κ1) is 18.1. The van der Waals surface area contributed by atoms with Crippen LogP contribution < -0.4 is 4.72 Å². The lowest BCUT2D eigenvalue weighted by molar-refractivity contribution is 0.0702. The molecule has 0 saturated carbocycles. The fourth-order valence-corrected chi connectivity index (χ4v) is 5.46. The first-order chi connectivity index (χ1) is 9.23. The van der Waals surface area contributed by atoms with Crippen molar-refractivity contribution in [3.63, 3.8) is 0 Å². The number of aryl methyl sites for hydroxylation is 1. The van der Waals surface area contributed by atoms with Crippen molar-refractivity contribution in [3.8, 4) is 0 Å². The molecule has 0 fully saturated rings. The van der Waals surface area contributed by atoms with Crippen molar-refractivity contribution in [2.45, 2.75) is 58.4 Å². The molecule has 21 heavy (non-hydrogen) atoms. The van der Waals surface area contributed by atoms with Crippen LogP contribution >= 0.6 is 11.3 Å². The molecule has 0 aromatic carbocycles. The number of aromatic carboxylic acids is 1. The molecule has 120 valence electrons. The summed E-state index contributed by atoms with van der Waals surface area (Å²) in [6, 6.07) is 1.22. The summed E-state index contributed by atoms with van der Waals surface area (Å²) in [7, 11) is -3.74. The third-order valence-corrected chi connectivity index (χ3v) is 5.75. The number of carbonyl (C=O) groups is 1. The van der Waals surface area contributed by atoms with Gasteiger partial charge >= 0.3 is 5.97 Å². The molecule has 0 aliphatic rings. The number of sulfonamides is 1. The number of carboxylic acids is 1. The molecule has 0 bridgehead atoms. The van der Waals surface area contributed by atoms with Crippen LogP contribution in [0.2, 0.25) is 0 Å². The predicted octanol–water partition coefficient (Wildman–Crippen LogP) is 3.25. The van der Waals surface area contributed by atoms with E-state index in [9.17, 15) is 13.2 Å². The summed E-state index contributed by atoms with van der Waals surface area (Å²) in [5.74, 6) is -1.11. The minimum Gasteiger partial charge on any atom is -0.477 e. The fourth-order valence-electron chi connectivity index (χ4n) is 2.62. The molecule has 0 spiro atoms. The Morgan fingerprint density at radius 1 is 1.29 bits per heavy atom. The van der Waals surface area contributed by atoms with Crippen LogP contribution in [0, 0.1) is 12.3 Å². The van der Waals surface area contributed by atoms with Crippen LogP contribution in [0.4, 0.5) is 0 Å². The molecule has 0 amide bonds. The van der Waals surface area contributed by atoms with Crippen LogP contribution in [0.1, 0.15) is 55.6 Å². The van der Waals surface area contributed by atoms with Gasteiger partial charge in [-0.25, -0.2) is 17.9 Å². The van der Waals surface area contributed by atoms with Crippen LogP contribution in [0.3, 0.4) is 0 Å². The number of hydrogen-bond donors (Lipinski definition) is 2. The van der Waals surface area contributed by atoms with E-state index in [1.807, 2.05) is 34.6 Å². The molecule has 2 N–H and O–H groups in total. The largest absolute Gasteiger partial charge is 0.477 e. The van der Waals surface area contributed by atoms with Crippen molar-refractivity contribution in [1.29, 1.82) is 0 Å². The molecule has 1 heterocycles. The van der Waals surface area contributed by atoms with Crippen molar-refractivity contribution in [2.24, 2.45) is 5.41 Å². The first-order valence-corrected chi connectivity index (χ1v) is 8.91. The van der Waals surface area contributed by atoms with Crippen molar-refractivity contribution in [1.82, 2.24) is 4.72 Å². The average molecular weight is 333 g/mol. The molecule has 0 aliphatic heterocycles. The van der Waals surface area contributed by atoms with E-state index in [0.717, 1.165) is 11.3 Å². The molecular weight excluding hydrogens is 310 g/mol. The number of rotatable bonds is 5. The lowest BCUT2D eigenvalue weighted by Crippen LogP contribution is -2.45. The van der Waals surface area contributed by atoms with Crippen LogP contribution in [-0.2, 0) is 10.0 Å². The second kappa shape index (κ2) is 5.70. The van der Waals surface area contributed by atoms with Crippen molar-refractivity contribution >= 4 is 27.3 Å². The maximum atomic E-state index is 12.5. The van der Waals surface area contributed by atoms with Crippen LogP contribution in [0.15, 0.2) is 11.0 Å². The normalized spacial score (nSPS) is 13.4. The zero-order valence-electron chi connectivity index (χ0n) is 13.3. The molecule has 7 heteroatoms. The van der Waals surface area contributed by atoms with Crippen molar-refractivity contribution in [2.75, 3.05) is 0 Å². The Balaban J connectivity index is 3.10. The fraction of sp³-hybridized carbons (Fsp3) is 0.643. The Labute approximate surface area is 130 Å². The highest BCUT2D eigenvalue weighted by atomic mass is 32.2. The Hall–Kier alpha value is -0.920. The molecule has 1 rings (SSSR count). The van der Waals surface area contributed by atoms with E-state index in [2.05, 4.69) is 4.72 Å². The standard InChI is InChI=1S/C14H23NO4S2/c1-9-11(7-10(20-9)12(16)17)21(18,19)15-14(5,6)8-13(2,3)4/h7,15H,8H2,1-6H3,(H,16,17). The molecule has 0 unspecified atom stereocenters. The molecular formula is C14H23NO4S2. The van der Waals surface area contributed by atoms with Gasteiger partial charge in [0.25, 0.3) is 0 Å². The second-order valence-corrected chi connectivity index (χ2v) is 9.97. The van der Waals surface area contributed by atoms with Gasteiger partial charge in [-0.2, -0.15) is 0 Å². The van der Waals surface area contributed by atoms with Gasteiger partial charge in [-0.1, -0.05) is 20.8 Å². The lowest BCUT2D eigenvalue weighted by Gasteiger charge is -2.32. The Bertz CT molecular complexity index is 636. The molecule has 0 saturated heterocycles. The van der Waals surface area contributed by atoms with E-state index in [-0.39, 0.29) is 15.2 Å². The summed E-state index contributed by atoms with van der Waals surface area (Å²) in [4.78, 5) is 11.5. The van der Waals surface area contributed by atoms with Gasteiger partial charge in [0.2, 0.25) is 10.0 Å². The number of nitrogens with one attached hydrogen (secondary N) is 1. The Kier molecular flexibility index (Phi) is 4.92. The smallest absolute Gasteiger partial charge is 0.345 e. The maximum Gasteiger partial charge on any atom is 0.345 e. The van der Waals surface area contributed by atoms with Crippen molar-refractivity contribution in [3.05, 3.63) is 15.8 Å². The van der Waals surface area contributed by atoms with Crippen LogP contribution in [0.25, 0.3) is 0 Å². The van der Waals surface area contributed by atoms with Gasteiger partial charge in [0, 0.05) is 10.4 Å². The number of thiophene rings is 1. The van der Waals surface area contributed by atoms with E-state index in [1.54, 1.807) is 6.92 Å². The summed E-state index contributed by atoms with van der Waals surface area (Å²) >= 11 is 0.970. The monoisotopic (exact) mass is 333 g/mol. The van der Waals surface area contributed by atoms with Gasteiger partial charge in [0.1, 0.15) is 4.88 Å². The minimum absolute atomic E-state index is 0.0259. The van der Waals surface area contributed by atoms with E-state index < -0.39 is 21.5 Å². The molecule has 1 aromatic heterocycles. The van der Waals surface area contributed by atoms with E-state index in [4.69, 9.17) is 5.11 Å². The van der Waals surface area contributed by atoms with Gasteiger partial charge in [-0.3, -0.25) is 0 Å². The molecule has 0 radical (unpaired) electrons. The molecule has 1 aromatic rings. The van der Waals surface area contributed by atoms with Crippen LogP contribution in [-0.4, -0.2) is 25.0 Å². The Morgan fingerprint density at radius 2 is 1.81 bits per heavy atom. The third kappa shape index (κ3) is 5.09. The molecule has 0 atom stereocenters. The second-order valence-electron chi connectivity index (χ2n) is 7.06. The molecule has 5 nitrogen and oxygen atoms in total. The molecule has 0 aliphatic carbocycles. The minimum atomic E-state index is -3.74. The summed E-state index contributed by atoms with van der Waals surface area (Å²) in [6.07, 6.45) is 0.661. The maximum absolute atomic E-state index is 12.5. The quantitative estimate of drug-likeness (QED) is 0.866. The summed E-state index contributed by atoms with van der Waals surface area (Å²) in [5.41, 5.74) is -0.642. The highest BCUT2D eigenvalue weighted by Crippen LogP contribution is 2.30. The average Bonchev–Trinajstić information content (AvgIpc) is 2.54. The zero-order valence-corrected chi connectivity index (χ0v) is 14.9. The van der Waals surface area contributed by atoms with Gasteiger partial charge in [-0.05, 0) is 38.7 Å². The van der Waals surface area contributed by atoms with Gasteiger partial charge < -0.3 is 5.11 Å². The van der Waals surface area contributed by atoms with Gasteiger partial charge in [0.15, 0.2) is 0 Å². The lowest BCUT2D eigenvalue weighted by atomic mass is 9.82. The van der Waals surface area contributed by atoms with E-state index in [0.29, 0.717) is 11.3 Å². The van der Waals surface area contributed by atoms with Crippen molar-refractivity contribution < 1.29 is 18.3 Å². The highest BCUT2D eigenvalue weighted by molar-refractivity contribution is 7.89. The first-order valence-electron chi connectivity index (χ1n) is 6.61. The topological polar surface area (TPSA) is 83.5 Å². The van der Waals surface area contributed by atoms with Gasteiger partial charge in [-0.15, -0.1) is 11.3 Å². The van der Waals surface area contributed by atoms with E-state index >= 15 is 0 Å². The zero-order chi connectivity index (χ0) is 16.6. The SMILES string of the molecule is Cc1sc(C(=O)O)cc1S(=O)(=O)NC(C)(C)CC(C)(C)C. The summed E-state index contributed by atoms with van der Waals surface area (Å²) in [5, 5.41) is 8.97. The summed E-state index contributed by atoms with van der Waals surface area (Å²) in [6.45, 7) is 11.4. The van der Waals surface area contributed by atoms with Crippen LogP contribution in [0.5, 0.6) is 0 Å². The third-order valence-electron chi connectivity index (χ3n) is 2.76. The Morgan fingerprint density at radius 3 is 2.19 bits per heavy atom. The number of carboxylic acid groups (broad SMARTS) is 1. The summed E-state index contributed by atoms with van der Waals surface area (Å²) < 4.78 is 27.7. The van der Waals surface area contributed by atoms with E-state index in [1.165, 1.54) is 6.07 Å². The van der Waals surface area contributed by atoms with Gasteiger partial charge in [0.05, 0.1) is 4.90 Å².